The summed E-state index contributed by atoms with van der Waals surface area (Å²) in [5.41, 5.74) is -0.505. The van der Waals surface area contributed by atoms with Crippen molar-refractivity contribution in [1.82, 2.24) is 10.2 Å². The van der Waals surface area contributed by atoms with E-state index in [9.17, 15) is 9.90 Å². The third kappa shape index (κ3) is 5.06. The maximum atomic E-state index is 11.9. The number of carbonyl (C=O) groups is 1. The molecular weight excluding hydrogens is 252 g/mol. The van der Waals surface area contributed by atoms with Gasteiger partial charge in [-0.25, -0.2) is 0 Å². The Bertz CT molecular complexity index is 308. The Morgan fingerprint density at radius 1 is 1.20 bits per heavy atom. The molecule has 2 rings (SSSR count). The van der Waals surface area contributed by atoms with Gasteiger partial charge < -0.3 is 15.3 Å². The van der Waals surface area contributed by atoms with Crippen LogP contribution in [0.2, 0.25) is 0 Å². The molecule has 0 aromatic carbocycles. The Morgan fingerprint density at radius 3 is 2.50 bits per heavy atom. The minimum absolute atomic E-state index is 0.169. The summed E-state index contributed by atoms with van der Waals surface area (Å²) in [6, 6.07) is 0.403. The standard InChI is InChI=1S/C16H30N2O2/c1-18(13-16(20)10-5-6-11-16)12-9-15(19)17-14-7-3-2-4-8-14/h14,20H,2-13H2,1H3,(H,17,19). The van der Waals surface area contributed by atoms with E-state index in [-0.39, 0.29) is 5.91 Å². The molecular formula is C16H30N2O2. The number of amides is 1. The topological polar surface area (TPSA) is 52.6 Å². The Labute approximate surface area is 122 Å². The van der Waals surface area contributed by atoms with Gasteiger partial charge in [-0.3, -0.25) is 4.79 Å². The first-order valence-electron chi connectivity index (χ1n) is 8.28. The van der Waals surface area contributed by atoms with Crippen LogP contribution in [0.25, 0.3) is 0 Å². The van der Waals surface area contributed by atoms with Crippen molar-refractivity contribution in [3.8, 4) is 0 Å². The predicted molar refractivity (Wildman–Crippen MR) is 80.5 cm³/mol. The van der Waals surface area contributed by atoms with Crippen molar-refractivity contribution in [3.63, 3.8) is 0 Å². The van der Waals surface area contributed by atoms with Gasteiger partial charge in [0.25, 0.3) is 0 Å². The molecule has 0 heterocycles. The minimum Gasteiger partial charge on any atom is -0.389 e. The van der Waals surface area contributed by atoms with Crippen LogP contribution in [0.15, 0.2) is 0 Å². The smallest absolute Gasteiger partial charge is 0.221 e. The van der Waals surface area contributed by atoms with E-state index in [1.54, 1.807) is 0 Å². The number of hydrogen-bond acceptors (Lipinski definition) is 3. The van der Waals surface area contributed by atoms with E-state index in [0.29, 0.717) is 19.0 Å². The molecule has 0 bridgehead atoms. The van der Waals surface area contributed by atoms with Gasteiger partial charge >= 0.3 is 0 Å². The van der Waals surface area contributed by atoms with E-state index >= 15 is 0 Å². The molecule has 0 atom stereocenters. The van der Waals surface area contributed by atoms with E-state index in [0.717, 1.165) is 45.1 Å². The second kappa shape index (κ2) is 7.41. The van der Waals surface area contributed by atoms with Crippen molar-refractivity contribution in [1.29, 1.82) is 0 Å². The van der Waals surface area contributed by atoms with Gasteiger partial charge in [0.15, 0.2) is 0 Å². The Morgan fingerprint density at radius 2 is 1.85 bits per heavy atom. The van der Waals surface area contributed by atoms with Crippen LogP contribution in [-0.2, 0) is 4.79 Å². The van der Waals surface area contributed by atoms with Crippen molar-refractivity contribution in [2.75, 3.05) is 20.1 Å². The number of hydrogen-bond donors (Lipinski definition) is 2. The molecule has 2 saturated carbocycles. The molecule has 2 fully saturated rings. The molecule has 116 valence electrons. The second-order valence-electron chi connectivity index (χ2n) is 6.82. The molecule has 1 amide bonds. The van der Waals surface area contributed by atoms with Crippen LogP contribution in [-0.4, -0.2) is 47.7 Å². The molecule has 0 aromatic rings. The van der Waals surface area contributed by atoms with E-state index in [1.807, 2.05) is 7.05 Å². The van der Waals surface area contributed by atoms with Gasteiger partial charge in [-0.1, -0.05) is 32.1 Å². The summed E-state index contributed by atoms with van der Waals surface area (Å²) in [5.74, 6) is 0.169. The fourth-order valence-electron chi connectivity index (χ4n) is 3.61. The number of aliphatic hydroxyl groups is 1. The molecule has 2 N–H and O–H groups in total. The summed E-state index contributed by atoms with van der Waals surface area (Å²) in [7, 11) is 2.00. The molecule has 20 heavy (non-hydrogen) atoms. The van der Waals surface area contributed by atoms with Crippen LogP contribution in [0.5, 0.6) is 0 Å². The van der Waals surface area contributed by atoms with E-state index < -0.39 is 5.60 Å². The maximum Gasteiger partial charge on any atom is 0.221 e. The van der Waals surface area contributed by atoms with Crippen molar-refractivity contribution in [3.05, 3.63) is 0 Å². The summed E-state index contributed by atoms with van der Waals surface area (Å²) in [6.07, 6.45) is 10.7. The lowest BCUT2D eigenvalue weighted by atomic mass is 9.95. The summed E-state index contributed by atoms with van der Waals surface area (Å²) in [6.45, 7) is 1.44. The highest BCUT2D eigenvalue weighted by Crippen LogP contribution is 2.29. The Kier molecular flexibility index (Phi) is 5.85. The first kappa shape index (κ1) is 15.8. The van der Waals surface area contributed by atoms with Gasteiger partial charge in [0, 0.05) is 25.6 Å². The number of carbonyl (C=O) groups excluding carboxylic acids is 1. The monoisotopic (exact) mass is 282 g/mol. The fraction of sp³-hybridized carbons (Fsp3) is 0.938. The first-order chi connectivity index (χ1) is 9.57. The highest BCUT2D eigenvalue weighted by atomic mass is 16.3. The zero-order valence-corrected chi connectivity index (χ0v) is 12.9. The third-order valence-electron chi connectivity index (χ3n) is 4.79. The fourth-order valence-corrected chi connectivity index (χ4v) is 3.61. The highest BCUT2D eigenvalue weighted by Gasteiger charge is 2.32. The van der Waals surface area contributed by atoms with Crippen LogP contribution in [0.1, 0.15) is 64.2 Å². The average molecular weight is 282 g/mol. The minimum atomic E-state index is -0.505. The predicted octanol–water partition coefficient (Wildman–Crippen LogP) is 2.06. The van der Waals surface area contributed by atoms with Gasteiger partial charge in [-0.05, 0) is 32.7 Å². The average Bonchev–Trinajstić information content (AvgIpc) is 2.84. The van der Waals surface area contributed by atoms with Gasteiger partial charge in [0.05, 0.1) is 5.60 Å². The summed E-state index contributed by atoms with van der Waals surface area (Å²) in [4.78, 5) is 14.0. The van der Waals surface area contributed by atoms with Gasteiger partial charge in [0.1, 0.15) is 0 Å². The van der Waals surface area contributed by atoms with Gasteiger partial charge in [-0.2, -0.15) is 0 Å². The first-order valence-corrected chi connectivity index (χ1v) is 8.28. The number of nitrogens with one attached hydrogen (secondary N) is 1. The van der Waals surface area contributed by atoms with E-state index in [1.165, 1.54) is 19.3 Å². The summed E-state index contributed by atoms with van der Waals surface area (Å²) in [5, 5.41) is 13.5. The van der Waals surface area contributed by atoms with Crippen LogP contribution in [0.4, 0.5) is 0 Å². The number of likely N-dealkylation sites (N-methyl/N-ethyl adjacent to an activating group) is 1. The SMILES string of the molecule is CN(CCC(=O)NC1CCCCC1)CC1(O)CCCC1. The molecule has 0 aromatic heterocycles. The van der Waals surface area contributed by atoms with Crippen LogP contribution in [0.3, 0.4) is 0 Å². The van der Waals surface area contributed by atoms with Crippen molar-refractivity contribution >= 4 is 5.91 Å². The van der Waals surface area contributed by atoms with Crippen LogP contribution in [0, 0.1) is 0 Å². The maximum absolute atomic E-state index is 11.9. The van der Waals surface area contributed by atoms with Crippen molar-refractivity contribution in [2.24, 2.45) is 0 Å². The molecule has 0 radical (unpaired) electrons. The van der Waals surface area contributed by atoms with Crippen molar-refractivity contribution < 1.29 is 9.90 Å². The highest BCUT2D eigenvalue weighted by molar-refractivity contribution is 5.76. The van der Waals surface area contributed by atoms with Crippen LogP contribution >= 0.6 is 0 Å². The molecule has 0 aliphatic heterocycles. The lowest BCUT2D eigenvalue weighted by Gasteiger charge is -2.28. The normalized spacial score (nSPS) is 23.1. The molecule has 4 heteroatoms. The quantitative estimate of drug-likeness (QED) is 0.784. The second-order valence-corrected chi connectivity index (χ2v) is 6.82. The van der Waals surface area contributed by atoms with E-state index in [4.69, 9.17) is 0 Å². The Balaban J connectivity index is 1.62. The Hall–Kier alpha value is -0.610. The van der Waals surface area contributed by atoms with Crippen LogP contribution < -0.4 is 5.32 Å². The van der Waals surface area contributed by atoms with Gasteiger partial charge in [-0.15, -0.1) is 0 Å². The lowest BCUT2D eigenvalue weighted by Crippen LogP contribution is -2.42. The molecule has 0 saturated heterocycles. The van der Waals surface area contributed by atoms with Crippen molar-refractivity contribution in [2.45, 2.75) is 75.9 Å². The molecule has 2 aliphatic rings. The largest absolute Gasteiger partial charge is 0.389 e. The molecule has 4 nitrogen and oxygen atoms in total. The third-order valence-corrected chi connectivity index (χ3v) is 4.79. The molecule has 0 spiro atoms. The summed E-state index contributed by atoms with van der Waals surface area (Å²) >= 11 is 0. The number of nitrogens with zero attached hydrogens (tertiary/aromatic N) is 1. The van der Waals surface area contributed by atoms with E-state index in [2.05, 4.69) is 10.2 Å². The molecule has 0 unspecified atom stereocenters. The van der Waals surface area contributed by atoms with Gasteiger partial charge in [0.2, 0.25) is 5.91 Å². The molecule has 2 aliphatic carbocycles. The zero-order chi connectivity index (χ0) is 14.4. The number of rotatable bonds is 6. The summed E-state index contributed by atoms with van der Waals surface area (Å²) < 4.78 is 0. The lowest BCUT2D eigenvalue weighted by molar-refractivity contribution is -0.122. The zero-order valence-electron chi connectivity index (χ0n) is 12.9.